The highest BCUT2D eigenvalue weighted by Crippen LogP contribution is 2.20. The number of hydrogen-bond donors (Lipinski definition) is 1. The predicted octanol–water partition coefficient (Wildman–Crippen LogP) is 1.28. The topological polar surface area (TPSA) is 24.5 Å². The number of piperazine rings is 1. The van der Waals surface area contributed by atoms with E-state index in [-0.39, 0.29) is 5.82 Å². The summed E-state index contributed by atoms with van der Waals surface area (Å²) in [7, 11) is 1.63. The van der Waals surface area contributed by atoms with Gasteiger partial charge in [-0.05, 0) is 30.2 Å². The van der Waals surface area contributed by atoms with Gasteiger partial charge in [0.15, 0.2) is 0 Å². The third kappa shape index (κ3) is 3.41. The summed E-state index contributed by atoms with van der Waals surface area (Å²) in [5.41, 5.74) is 0.950. The summed E-state index contributed by atoms with van der Waals surface area (Å²) >= 11 is 0. The van der Waals surface area contributed by atoms with E-state index in [4.69, 9.17) is 4.74 Å². The van der Waals surface area contributed by atoms with Crippen LogP contribution in [0.1, 0.15) is 5.56 Å². The summed E-state index contributed by atoms with van der Waals surface area (Å²) in [5.74, 6) is 0.586. The molecule has 0 spiro atoms. The molecule has 1 heterocycles. The molecule has 0 saturated carbocycles. The molecule has 1 aromatic rings. The van der Waals surface area contributed by atoms with Gasteiger partial charge >= 0.3 is 0 Å². The van der Waals surface area contributed by atoms with Crippen molar-refractivity contribution in [2.45, 2.75) is 6.42 Å². The third-order valence-electron chi connectivity index (χ3n) is 3.15. The van der Waals surface area contributed by atoms with Crippen molar-refractivity contribution in [1.82, 2.24) is 10.2 Å². The Hall–Kier alpha value is -1.13. The maximum absolute atomic E-state index is 13.2. The van der Waals surface area contributed by atoms with Crippen LogP contribution in [0.2, 0.25) is 0 Å². The Morgan fingerprint density at radius 2 is 2.12 bits per heavy atom. The molecule has 0 atom stereocenters. The van der Waals surface area contributed by atoms with Crippen molar-refractivity contribution in [3.05, 3.63) is 29.6 Å². The molecular weight excluding hydrogens is 219 g/mol. The molecule has 3 nitrogen and oxygen atoms in total. The van der Waals surface area contributed by atoms with E-state index in [1.807, 2.05) is 0 Å². The number of hydrogen-bond acceptors (Lipinski definition) is 3. The van der Waals surface area contributed by atoms with Crippen molar-refractivity contribution in [2.24, 2.45) is 0 Å². The zero-order valence-electron chi connectivity index (χ0n) is 10.2. The number of nitrogens with zero attached hydrogens (tertiary/aromatic N) is 1. The van der Waals surface area contributed by atoms with Crippen LogP contribution in [0, 0.1) is 5.82 Å². The lowest BCUT2D eigenvalue weighted by molar-refractivity contribution is 0.243. The van der Waals surface area contributed by atoms with E-state index in [9.17, 15) is 4.39 Å². The van der Waals surface area contributed by atoms with Gasteiger partial charge in [-0.1, -0.05) is 0 Å². The number of halogens is 1. The minimum absolute atomic E-state index is 0.193. The molecule has 2 rings (SSSR count). The molecule has 1 aromatic carbocycles. The van der Waals surface area contributed by atoms with Crippen LogP contribution in [-0.4, -0.2) is 44.7 Å². The Balaban J connectivity index is 1.95. The number of ether oxygens (including phenoxy) is 1. The normalized spacial score (nSPS) is 17.1. The van der Waals surface area contributed by atoms with E-state index in [0.29, 0.717) is 0 Å². The highest BCUT2D eigenvalue weighted by atomic mass is 19.1. The van der Waals surface area contributed by atoms with E-state index < -0.39 is 0 Å². The second-order valence-corrected chi connectivity index (χ2v) is 4.30. The van der Waals surface area contributed by atoms with Crippen LogP contribution in [0.4, 0.5) is 4.39 Å². The van der Waals surface area contributed by atoms with Crippen molar-refractivity contribution in [2.75, 3.05) is 39.8 Å². The van der Waals surface area contributed by atoms with Crippen LogP contribution in [0.15, 0.2) is 18.2 Å². The lowest BCUT2D eigenvalue weighted by Crippen LogP contribution is -2.44. The van der Waals surface area contributed by atoms with Gasteiger partial charge in [-0.15, -0.1) is 0 Å². The molecule has 1 N–H and O–H groups in total. The summed E-state index contributed by atoms with van der Waals surface area (Å²) < 4.78 is 18.4. The lowest BCUT2D eigenvalue weighted by Gasteiger charge is -2.27. The minimum Gasteiger partial charge on any atom is -0.496 e. The maximum Gasteiger partial charge on any atom is 0.123 e. The van der Waals surface area contributed by atoms with Crippen LogP contribution in [0.25, 0.3) is 0 Å². The Morgan fingerprint density at radius 1 is 1.35 bits per heavy atom. The van der Waals surface area contributed by atoms with Crippen molar-refractivity contribution >= 4 is 0 Å². The van der Waals surface area contributed by atoms with E-state index in [2.05, 4.69) is 10.2 Å². The van der Waals surface area contributed by atoms with Crippen molar-refractivity contribution in [3.63, 3.8) is 0 Å². The molecule has 1 fully saturated rings. The highest BCUT2D eigenvalue weighted by Gasteiger charge is 2.11. The van der Waals surface area contributed by atoms with Gasteiger partial charge < -0.3 is 15.0 Å². The summed E-state index contributed by atoms with van der Waals surface area (Å²) in [6, 6.07) is 4.70. The molecule has 1 saturated heterocycles. The second kappa shape index (κ2) is 5.98. The Morgan fingerprint density at radius 3 is 2.82 bits per heavy atom. The second-order valence-electron chi connectivity index (χ2n) is 4.30. The Bertz CT molecular complexity index is 364. The first-order valence-electron chi connectivity index (χ1n) is 6.05. The molecule has 17 heavy (non-hydrogen) atoms. The van der Waals surface area contributed by atoms with Crippen molar-refractivity contribution in [1.29, 1.82) is 0 Å². The monoisotopic (exact) mass is 238 g/mol. The quantitative estimate of drug-likeness (QED) is 0.855. The first-order valence-corrected chi connectivity index (χ1v) is 6.05. The van der Waals surface area contributed by atoms with Crippen LogP contribution in [0.3, 0.4) is 0 Å². The standard InChI is InChI=1S/C13H19FN2O/c1-17-13-3-2-12(14)10-11(13)4-7-16-8-5-15-6-9-16/h2-3,10,15H,4-9H2,1H3. The molecule has 1 aliphatic rings. The first kappa shape index (κ1) is 12.3. The van der Waals surface area contributed by atoms with Crippen molar-refractivity contribution in [3.8, 4) is 5.75 Å². The van der Waals surface area contributed by atoms with E-state index >= 15 is 0 Å². The average Bonchev–Trinajstić information content (AvgIpc) is 2.38. The molecule has 1 aliphatic heterocycles. The van der Waals surface area contributed by atoms with Crippen LogP contribution in [0.5, 0.6) is 5.75 Å². The zero-order chi connectivity index (χ0) is 12.1. The smallest absolute Gasteiger partial charge is 0.123 e. The molecule has 0 aromatic heterocycles. The molecule has 94 valence electrons. The molecule has 0 bridgehead atoms. The molecule has 4 heteroatoms. The summed E-state index contributed by atoms with van der Waals surface area (Å²) in [4.78, 5) is 2.39. The van der Waals surface area contributed by atoms with E-state index in [1.54, 1.807) is 19.2 Å². The van der Waals surface area contributed by atoms with E-state index in [1.165, 1.54) is 6.07 Å². The fraction of sp³-hybridized carbons (Fsp3) is 0.538. The van der Waals surface area contributed by atoms with Gasteiger partial charge in [0.25, 0.3) is 0 Å². The minimum atomic E-state index is -0.193. The average molecular weight is 238 g/mol. The molecule has 0 radical (unpaired) electrons. The highest BCUT2D eigenvalue weighted by molar-refractivity contribution is 5.34. The summed E-state index contributed by atoms with van der Waals surface area (Å²) in [6.45, 7) is 5.18. The molecule has 0 unspecified atom stereocenters. The Labute approximate surface area is 102 Å². The first-order chi connectivity index (χ1) is 8.29. The van der Waals surface area contributed by atoms with Crippen molar-refractivity contribution < 1.29 is 9.13 Å². The number of rotatable bonds is 4. The van der Waals surface area contributed by atoms with Gasteiger partial charge in [-0.25, -0.2) is 4.39 Å². The van der Waals surface area contributed by atoms with E-state index in [0.717, 1.165) is 50.5 Å². The molecular formula is C13H19FN2O. The summed E-state index contributed by atoms with van der Waals surface area (Å²) in [5, 5.41) is 3.32. The SMILES string of the molecule is COc1ccc(F)cc1CCN1CCNCC1. The van der Waals surface area contributed by atoms with Gasteiger partial charge in [-0.3, -0.25) is 0 Å². The predicted molar refractivity (Wildman–Crippen MR) is 66.0 cm³/mol. The fourth-order valence-electron chi connectivity index (χ4n) is 2.16. The van der Waals surface area contributed by atoms with Gasteiger partial charge in [0, 0.05) is 32.7 Å². The third-order valence-corrected chi connectivity index (χ3v) is 3.15. The van der Waals surface area contributed by atoms with Crippen LogP contribution < -0.4 is 10.1 Å². The Kier molecular flexibility index (Phi) is 4.34. The number of nitrogens with one attached hydrogen (secondary N) is 1. The molecule has 0 amide bonds. The van der Waals surface area contributed by atoms with Gasteiger partial charge in [0.05, 0.1) is 7.11 Å². The van der Waals surface area contributed by atoms with Gasteiger partial charge in [-0.2, -0.15) is 0 Å². The molecule has 0 aliphatic carbocycles. The fourth-order valence-corrected chi connectivity index (χ4v) is 2.16. The van der Waals surface area contributed by atoms with Gasteiger partial charge in [0.1, 0.15) is 11.6 Å². The summed E-state index contributed by atoms with van der Waals surface area (Å²) in [6.07, 6.45) is 0.834. The number of benzene rings is 1. The van der Waals surface area contributed by atoms with Gasteiger partial charge in [0.2, 0.25) is 0 Å². The maximum atomic E-state index is 13.2. The zero-order valence-corrected chi connectivity index (χ0v) is 10.2. The number of methoxy groups -OCH3 is 1. The lowest BCUT2D eigenvalue weighted by atomic mass is 10.1. The van der Waals surface area contributed by atoms with Crippen LogP contribution in [-0.2, 0) is 6.42 Å². The largest absolute Gasteiger partial charge is 0.496 e. The van der Waals surface area contributed by atoms with Crippen LogP contribution >= 0.6 is 0 Å².